The minimum absolute atomic E-state index is 0.0581. The molecule has 2 N–H and O–H groups in total. The van der Waals surface area contributed by atoms with E-state index in [1.165, 1.54) is 12.3 Å². The summed E-state index contributed by atoms with van der Waals surface area (Å²) in [5.74, 6) is 0. The summed E-state index contributed by atoms with van der Waals surface area (Å²) in [5.41, 5.74) is 1.49. The SMILES string of the molecule is CCNC(C)c1ccccc1NS(=O)(=O)c1cccnc1. The summed E-state index contributed by atoms with van der Waals surface area (Å²) in [5, 5.41) is 3.28. The average molecular weight is 305 g/mol. The molecule has 0 saturated carbocycles. The van der Waals surface area contributed by atoms with E-state index in [1.54, 1.807) is 18.3 Å². The Hall–Kier alpha value is -1.92. The van der Waals surface area contributed by atoms with E-state index in [9.17, 15) is 8.42 Å². The van der Waals surface area contributed by atoms with Gasteiger partial charge in [0.15, 0.2) is 0 Å². The van der Waals surface area contributed by atoms with Gasteiger partial charge in [0.25, 0.3) is 10.0 Å². The van der Waals surface area contributed by atoms with Gasteiger partial charge in [-0.05, 0) is 37.2 Å². The number of rotatable bonds is 6. The van der Waals surface area contributed by atoms with Crippen LogP contribution in [0.2, 0.25) is 0 Å². The van der Waals surface area contributed by atoms with Gasteiger partial charge in [0.2, 0.25) is 0 Å². The first-order valence-corrected chi connectivity index (χ1v) is 8.28. The van der Waals surface area contributed by atoms with E-state index in [2.05, 4.69) is 15.0 Å². The molecule has 0 aliphatic carbocycles. The minimum atomic E-state index is -3.62. The van der Waals surface area contributed by atoms with Crippen LogP contribution < -0.4 is 10.0 Å². The van der Waals surface area contributed by atoms with E-state index in [0.29, 0.717) is 5.69 Å². The zero-order valence-corrected chi connectivity index (χ0v) is 12.9. The molecule has 1 atom stereocenters. The molecule has 0 amide bonds. The van der Waals surface area contributed by atoms with E-state index in [-0.39, 0.29) is 10.9 Å². The monoisotopic (exact) mass is 305 g/mol. The lowest BCUT2D eigenvalue weighted by atomic mass is 10.1. The molecule has 1 aromatic carbocycles. The number of nitrogens with one attached hydrogen (secondary N) is 2. The maximum atomic E-state index is 12.4. The Morgan fingerprint density at radius 1 is 1.19 bits per heavy atom. The molecule has 0 radical (unpaired) electrons. The molecule has 6 heteroatoms. The molecule has 0 saturated heterocycles. The van der Waals surface area contributed by atoms with Crippen LogP contribution in [0.1, 0.15) is 25.5 Å². The van der Waals surface area contributed by atoms with Crippen LogP contribution in [-0.4, -0.2) is 19.9 Å². The van der Waals surface area contributed by atoms with Gasteiger partial charge < -0.3 is 5.32 Å². The number of benzene rings is 1. The molecule has 1 heterocycles. The van der Waals surface area contributed by atoms with Crippen molar-refractivity contribution >= 4 is 15.7 Å². The van der Waals surface area contributed by atoms with E-state index in [0.717, 1.165) is 12.1 Å². The standard InChI is InChI=1S/C15H19N3O2S/c1-3-17-12(2)14-8-4-5-9-15(14)18-21(19,20)13-7-6-10-16-11-13/h4-12,17-18H,3H2,1-2H3. The summed E-state index contributed by atoms with van der Waals surface area (Å²) in [4.78, 5) is 4.00. The van der Waals surface area contributed by atoms with Crippen molar-refractivity contribution < 1.29 is 8.42 Å². The van der Waals surface area contributed by atoms with Crippen LogP contribution in [0.15, 0.2) is 53.7 Å². The molecular weight excluding hydrogens is 286 g/mol. The maximum Gasteiger partial charge on any atom is 0.263 e. The summed E-state index contributed by atoms with van der Waals surface area (Å²) < 4.78 is 27.4. The molecule has 0 fully saturated rings. The summed E-state index contributed by atoms with van der Waals surface area (Å²) >= 11 is 0. The molecule has 0 spiro atoms. The molecule has 21 heavy (non-hydrogen) atoms. The molecule has 2 rings (SSSR count). The largest absolute Gasteiger partial charge is 0.310 e. The van der Waals surface area contributed by atoms with Crippen molar-refractivity contribution in [1.82, 2.24) is 10.3 Å². The van der Waals surface area contributed by atoms with Gasteiger partial charge in [-0.2, -0.15) is 0 Å². The molecule has 0 aliphatic rings. The quantitative estimate of drug-likeness (QED) is 0.860. The predicted octanol–water partition coefficient (Wildman–Crippen LogP) is 2.55. The van der Waals surface area contributed by atoms with Crippen molar-refractivity contribution in [2.75, 3.05) is 11.3 Å². The lowest BCUT2D eigenvalue weighted by Crippen LogP contribution is -2.21. The van der Waals surface area contributed by atoms with Crippen LogP contribution in [0, 0.1) is 0 Å². The van der Waals surface area contributed by atoms with Crippen LogP contribution in [0.4, 0.5) is 5.69 Å². The molecule has 0 bridgehead atoms. The fraction of sp³-hybridized carbons (Fsp3) is 0.267. The molecule has 1 unspecified atom stereocenters. The normalized spacial score (nSPS) is 12.9. The molecule has 2 aromatic rings. The first-order chi connectivity index (χ1) is 10.0. The van der Waals surface area contributed by atoms with Crippen molar-refractivity contribution in [2.45, 2.75) is 24.8 Å². The Morgan fingerprint density at radius 2 is 1.95 bits per heavy atom. The second-order valence-corrected chi connectivity index (χ2v) is 6.34. The third-order valence-corrected chi connectivity index (χ3v) is 4.48. The second-order valence-electron chi connectivity index (χ2n) is 4.66. The van der Waals surface area contributed by atoms with E-state index >= 15 is 0 Å². The van der Waals surface area contributed by atoms with Crippen molar-refractivity contribution in [1.29, 1.82) is 0 Å². The van der Waals surface area contributed by atoms with Crippen molar-refractivity contribution in [3.63, 3.8) is 0 Å². The number of sulfonamides is 1. The Bertz CT molecular complexity index is 687. The van der Waals surface area contributed by atoms with Gasteiger partial charge in [0.1, 0.15) is 4.90 Å². The van der Waals surface area contributed by atoms with E-state index in [1.807, 2.05) is 32.0 Å². The maximum absolute atomic E-state index is 12.4. The van der Waals surface area contributed by atoms with Gasteiger partial charge in [-0.1, -0.05) is 25.1 Å². The van der Waals surface area contributed by atoms with Crippen LogP contribution in [-0.2, 0) is 10.0 Å². The number of anilines is 1. The molecule has 0 aliphatic heterocycles. The Morgan fingerprint density at radius 3 is 2.62 bits per heavy atom. The summed E-state index contributed by atoms with van der Waals surface area (Å²) in [6, 6.07) is 10.6. The van der Waals surface area contributed by atoms with Crippen LogP contribution in [0.3, 0.4) is 0 Å². The highest BCUT2D eigenvalue weighted by atomic mass is 32.2. The van der Waals surface area contributed by atoms with Gasteiger partial charge in [0, 0.05) is 18.4 Å². The topological polar surface area (TPSA) is 71.1 Å². The zero-order chi connectivity index (χ0) is 15.3. The van der Waals surface area contributed by atoms with Crippen LogP contribution in [0.25, 0.3) is 0 Å². The molecule has 5 nitrogen and oxygen atoms in total. The minimum Gasteiger partial charge on any atom is -0.310 e. The summed E-state index contributed by atoms with van der Waals surface area (Å²) in [6.45, 7) is 4.82. The van der Waals surface area contributed by atoms with Gasteiger partial charge in [-0.25, -0.2) is 8.42 Å². The Kier molecular flexibility index (Phi) is 4.93. The summed E-state index contributed by atoms with van der Waals surface area (Å²) in [6.07, 6.45) is 2.87. The lowest BCUT2D eigenvalue weighted by Gasteiger charge is -2.18. The Balaban J connectivity index is 2.32. The van der Waals surface area contributed by atoms with Gasteiger partial charge in [0.05, 0.1) is 5.69 Å². The average Bonchev–Trinajstić information content (AvgIpc) is 2.48. The number of hydrogen-bond acceptors (Lipinski definition) is 4. The highest BCUT2D eigenvalue weighted by Gasteiger charge is 2.17. The van der Waals surface area contributed by atoms with Gasteiger partial charge >= 0.3 is 0 Å². The van der Waals surface area contributed by atoms with E-state index < -0.39 is 10.0 Å². The molecular formula is C15H19N3O2S. The van der Waals surface area contributed by atoms with Crippen molar-refractivity contribution in [3.05, 3.63) is 54.4 Å². The first-order valence-electron chi connectivity index (χ1n) is 6.79. The number of aromatic nitrogens is 1. The number of hydrogen-bond donors (Lipinski definition) is 2. The first kappa shape index (κ1) is 15.5. The number of pyridine rings is 1. The molecule has 1 aromatic heterocycles. The highest BCUT2D eigenvalue weighted by Crippen LogP contribution is 2.24. The fourth-order valence-electron chi connectivity index (χ4n) is 2.09. The van der Waals surface area contributed by atoms with Gasteiger partial charge in [-0.15, -0.1) is 0 Å². The Labute approximate surface area is 125 Å². The highest BCUT2D eigenvalue weighted by molar-refractivity contribution is 7.92. The van der Waals surface area contributed by atoms with E-state index in [4.69, 9.17) is 0 Å². The summed E-state index contributed by atoms with van der Waals surface area (Å²) in [7, 11) is -3.62. The third kappa shape index (κ3) is 3.80. The third-order valence-electron chi connectivity index (χ3n) is 3.13. The lowest BCUT2D eigenvalue weighted by molar-refractivity contribution is 0.595. The van der Waals surface area contributed by atoms with Crippen LogP contribution >= 0.6 is 0 Å². The van der Waals surface area contributed by atoms with Gasteiger partial charge in [-0.3, -0.25) is 9.71 Å². The van der Waals surface area contributed by atoms with Crippen molar-refractivity contribution in [3.8, 4) is 0 Å². The fourth-order valence-corrected chi connectivity index (χ4v) is 3.14. The van der Waals surface area contributed by atoms with Crippen LogP contribution in [0.5, 0.6) is 0 Å². The zero-order valence-electron chi connectivity index (χ0n) is 12.1. The number of para-hydroxylation sites is 1. The molecule has 112 valence electrons. The predicted molar refractivity (Wildman–Crippen MR) is 83.6 cm³/mol. The second kappa shape index (κ2) is 6.69. The smallest absolute Gasteiger partial charge is 0.263 e. The number of nitrogens with zero attached hydrogens (tertiary/aromatic N) is 1. The van der Waals surface area contributed by atoms with Crippen molar-refractivity contribution in [2.24, 2.45) is 0 Å².